The van der Waals surface area contributed by atoms with Crippen molar-refractivity contribution in [2.75, 3.05) is 0 Å². The molecular formula is C15H29N3. The topological polar surface area (TPSA) is 29.9 Å². The third kappa shape index (κ3) is 4.81. The van der Waals surface area contributed by atoms with Crippen molar-refractivity contribution < 1.29 is 0 Å². The summed E-state index contributed by atoms with van der Waals surface area (Å²) in [6.45, 7) is 16.7. The molecule has 3 nitrogen and oxygen atoms in total. The number of aromatic nitrogens is 2. The fourth-order valence-electron chi connectivity index (χ4n) is 2.82. The smallest absolute Gasteiger partial charge is 0.0537 e. The molecule has 0 aliphatic rings. The zero-order valence-corrected chi connectivity index (χ0v) is 13.0. The SMILES string of the molecule is CCn1cc(C(C)NC(C)(C)CC(C)(C)C)cn1. The lowest BCUT2D eigenvalue weighted by atomic mass is 9.81. The molecule has 0 saturated carbocycles. The summed E-state index contributed by atoms with van der Waals surface area (Å²) < 4.78 is 1.98. The van der Waals surface area contributed by atoms with E-state index in [2.05, 4.69) is 65.1 Å². The molecule has 1 heterocycles. The fraction of sp³-hybridized carbons (Fsp3) is 0.800. The summed E-state index contributed by atoms with van der Waals surface area (Å²) >= 11 is 0. The molecule has 0 aliphatic carbocycles. The van der Waals surface area contributed by atoms with E-state index in [0.29, 0.717) is 11.5 Å². The van der Waals surface area contributed by atoms with E-state index in [1.54, 1.807) is 0 Å². The largest absolute Gasteiger partial charge is 0.305 e. The lowest BCUT2D eigenvalue weighted by Crippen LogP contribution is -2.43. The van der Waals surface area contributed by atoms with Crippen LogP contribution in [0.2, 0.25) is 0 Å². The summed E-state index contributed by atoms with van der Waals surface area (Å²) in [7, 11) is 0. The van der Waals surface area contributed by atoms with Gasteiger partial charge in [-0.05, 0) is 39.5 Å². The highest BCUT2D eigenvalue weighted by Gasteiger charge is 2.27. The second-order valence-corrected chi connectivity index (χ2v) is 7.12. The molecule has 1 atom stereocenters. The monoisotopic (exact) mass is 251 g/mol. The quantitative estimate of drug-likeness (QED) is 0.863. The molecule has 0 aromatic carbocycles. The Bertz CT molecular complexity index is 371. The van der Waals surface area contributed by atoms with Crippen LogP contribution in [0.5, 0.6) is 0 Å². The van der Waals surface area contributed by atoms with Gasteiger partial charge in [-0.2, -0.15) is 5.10 Å². The first-order valence-corrected chi connectivity index (χ1v) is 6.93. The van der Waals surface area contributed by atoms with Crippen LogP contribution in [0.1, 0.15) is 66.5 Å². The first kappa shape index (κ1) is 15.2. The Morgan fingerprint density at radius 3 is 2.33 bits per heavy atom. The van der Waals surface area contributed by atoms with E-state index in [1.807, 2.05) is 10.9 Å². The molecule has 0 fully saturated rings. The van der Waals surface area contributed by atoms with E-state index in [0.717, 1.165) is 13.0 Å². The summed E-state index contributed by atoms with van der Waals surface area (Å²) in [5.74, 6) is 0. The molecule has 104 valence electrons. The van der Waals surface area contributed by atoms with E-state index in [9.17, 15) is 0 Å². The molecule has 1 rings (SSSR count). The van der Waals surface area contributed by atoms with E-state index in [4.69, 9.17) is 0 Å². The van der Waals surface area contributed by atoms with Gasteiger partial charge in [-0.25, -0.2) is 0 Å². The van der Waals surface area contributed by atoms with Crippen LogP contribution in [0.3, 0.4) is 0 Å². The molecule has 1 aromatic rings. The molecule has 0 amide bonds. The van der Waals surface area contributed by atoms with Gasteiger partial charge in [-0.15, -0.1) is 0 Å². The first-order valence-electron chi connectivity index (χ1n) is 6.93. The molecule has 0 radical (unpaired) electrons. The van der Waals surface area contributed by atoms with Gasteiger partial charge in [0, 0.05) is 29.9 Å². The number of hydrogen-bond donors (Lipinski definition) is 1. The molecule has 1 unspecified atom stereocenters. The molecule has 18 heavy (non-hydrogen) atoms. The molecule has 0 bridgehead atoms. The Balaban J connectivity index is 2.65. The summed E-state index contributed by atoms with van der Waals surface area (Å²) in [5, 5.41) is 8.05. The predicted molar refractivity (Wildman–Crippen MR) is 77.6 cm³/mol. The van der Waals surface area contributed by atoms with Gasteiger partial charge < -0.3 is 5.32 Å². The van der Waals surface area contributed by atoms with Crippen molar-refractivity contribution >= 4 is 0 Å². The summed E-state index contributed by atoms with van der Waals surface area (Å²) in [4.78, 5) is 0. The van der Waals surface area contributed by atoms with E-state index >= 15 is 0 Å². The number of nitrogens with zero attached hydrogens (tertiary/aromatic N) is 2. The molecule has 1 aromatic heterocycles. The van der Waals surface area contributed by atoms with E-state index in [1.165, 1.54) is 5.56 Å². The van der Waals surface area contributed by atoms with Crippen molar-refractivity contribution in [2.24, 2.45) is 5.41 Å². The van der Waals surface area contributed by atoms with Crippen LogP contribution in [0.15, 0.2) is 12.4 Å². The van der Waals surface area contributed by atoms with Crippen molar-refractivity contribution in [1.29, 1.82) is 0 Å². The van der Waals surface area contributed by atoms with Crippen LogP contribution in [-0.2, 0) is 6.54 Å². The third-order valence-corrected chi connectivity index (χ3v) is 3.06. The highest BCUT2D eigenvalue weighted by atomic mass is 15.3. The van der Waals surface area contributed by atoms with Crippen LogP contribution < -0.4 is 5.32 Å². The minimum Gasteiger partial charge on any atom is -0.305 e. The van der Waals surface area contributed by atoms with Gasteiger partial charge >= 0.3 is 0 Å². The van der Waals surface area contributed by atoms with E-state index in [-0.39, 0.29) is 5.54 Å². The lowest BCUT2D eigenvalue weighted by molar-refractivity contribution is 0.227. The lowest BCUT2D eigenvalue weighted by Gasteiger charge is -2.35. The highest BCUT2D eigenvalue weighted by Crippen LogP contribution is 2.28. The Morgan fingerprint density at radius 1 is 1.28 bits per heavy atom. The van der Waals surface area contributed by atoms with Gasteiger partial charge in [0.15, 0.2) is 0 Å². The molecule has 0 aliphatic heterocycles. The Labute approximate surface area is 112 Å². The van der Waals surface area contributed by atoms with Gasteiger partial charge in [-0.3, -0.25) is 4.68 Å². The maximum atomic E-state index is 4.34. The van der Waals surface area contributed by atoms with Crippen LogP contribution >= 0.6 is 0 Å². The fourth-order valence-corrected chi connectivity index (χ4v) is 2.82. The summed E-state index contributed by atoms with van der Waals surface area (Å²) in [5.41, 5.74) is 1.73. The highest BCUT2D eigenvalue weighted by molar-refractivity contribution is 5.10. The number of rotatable bonds is 5. The van der Waals surface area contributed by atoms with Crippen LogP contribution in [0, 0.1) is 5.41 Å². The molecule has 0 spiro atoms. The summed E-state index contributed by atoms with van der Waals surface area (Å²) in [6, 6.07) is 0.336. The van der Waals surface area contributed by atoms with E-state index < -0.39 is 0 Å². The Kier molecular flexibility index (Phi) is 4.60. The number of aryl methyl sites for hydroxylation is 1. The minimum absolute atomic E-state index is 0.131. The van der Waals surface area contributed by atoms with Gasteiger partial charge in [-0.1, -0.05) is 20.8 Å². The average Bonchev–Trinajstić information content (AvgIpc) is 2.60. The Hall–Kier alpha value is -0.830. The maximum absolute atomic E-state index is 4.34. The number of nitrogens with one attached hydrogen (secondary N) is 1. The van der Waals surface area contributed by atoms with Crippen LogP contribution in [-0.4, -0.2) is 15.3 Å². The van der Waals surface area contributed by atoms with Gasteiger partial charge in [0.25, 0.3) is 0 Å². The molecular weight excluding hydrogens is 222 g/mol. The second kappa shape index (κ2) is 5.43. The standard InChI is InChI=1S/C15H29N3/c1-8-18-10-13(9-16-18)12(2)17-15(6,7)11-14(3,4)5/h9-10,12,17H,8,11H2,1-7H3. The minimum atomic E-state index is 0.131. The van der Waals surface area contributed by atoms with Crippen molar-refractivity contribution in [1.82, 2.24) is 15.1 Å². The van der Waals surface area contributed by atoms with Crippen molar-refractivity contribution in [2.45, 2.75) is 73.0 Å². The third-order valence-electron chi connectivity index (χ3n) is 3.06. The predicted octanol–water partition coefficient (Wildman–Crippen LogP) is 3.77. The first-order chi connectivity index (χ1) is 8.13. The normalized spacial score (nSPS) is 14.8. The average molecular weight is 251 g/mol. The molecule has 0 saturated heterocycles. The summed E-state index contributed by atoms with van der Waals surface area (Å²) in [6.07, 6.45) is 5.24. The Morgan fingerprint density at radius 2 is 1.89 bits per heavy atom. The van der Waals surface area contributed by atoms with Gasteiger partial charge in [0.05, 0.1) is 6.20 Å². The molecule has 3 heteroatoms. The second-order valence-electron chi connectivity index (χ2n) is 7.12. The van der Waals surface area contributed by atoms with Crippen LogP contribution in [0.4, 0.5) is 0 Å². The van der Waals surface area contributed by atoms with Gasteiger partial charge in [0.1, 0.15) is 0 Å². The zero-order chi connectivity index (χ0) is 14.0. The van der Waals surface area contributed by atoms with Crippen molar-refractivity contribution in [3.8, 4) is 0 Å². The zero-order valence-electron chi connectivity index (χ0n) is 13.0. The van der Waals surface area contributed by atoms with Crippen molar-refractivity contribution in [3.63, 3.8) is 0 Å². The van der Waals surface area contributed by atoms with Gasteiger partial charge in [0.2, 0.25) is 0 Å². The molecule has 1 N–H and O–H groups in total. The number of hydrogen-bond acceptors (Lipinski definition) is 2. The van der Waals surface area contributed by atoms with Crippen LogP contribution in [0.25, 0.3) is 0 Å². The van der Waals surface area contributed by atoms with Crippen molar-refractivity contribution in [3.05, 3.63) is 18.0 Å². The maximum Gasteiger partial charge on any atom is 0.0537 e.